The first-order valence-electron chi connectivity index (χ1n) is 10.1. The van der Waals surface area contributed by atoms with Gasteiger partial charge in [-0.1, -0.05) is 26.7 Å². The van der Waals surface area contributed by atoms with Gasteiger partial charge < -0.3 is 14.2 Å². The molecule has 0 radical (unpaired) electrons. The SMILES string of the molecule is CCCCOCCOP(=O)(OCCOCCCC)OCCOCCC(=O)COO. The van der Waals surface area contributed by atoms with Crippen LogP contribution >= 0.6 is 7.82 Å². The Morgan fingerprint density at radius 1 is 0.724 bits per heavy atom. The number of hydrogen-bond acceptors (Lipinski definition) is 10. The molecule has 29 heavy (non-hydrogen) atoms. The zero-order valence-corrected chi connectivity index (χ0v) is 18.6. The maximum absolute atomic E-state index is 12.7. The lowest BCUT2D eigenvalue weighted by Crippen LogP contribution is -2.14. The number of Topliss-reactive ketones (excluding diaryl/α,β-unsaturated/α-hetero) is 1. The lowest BCUT2D eigenvalue weighted by molar-refractivity contribution is -0.238. The Kier molecular flexibility index (Phi) is 20.5. The van der Waals surface area contributed by atoms with E-state index in [1.54, 1.807) is 0 Å². The van der Waals surface area contributed by atoms with Crippen LogP contribution in [0.2, 0.25) is 0 Å². The van der Waals surface area contributed by atoms with Crippen molar-refractivity contribution in [3.8, 4) is 0 Å². The smallest absolute Gasteiger partial charge is 0.379 e. The highest BCUT2D eigenvalue weighted by atomic mass is 31.2. The average Bonchev–Trinajstić information content (AvgIpc) is 2.70. The van der Waals surface area contributed by atoms with Gasteiger partial charge in [0.15, 0.2) is 5.78 Å². The molecule has 0 aliphatic rings. The maximum Gasteiger partial charge on any atom is 0.475 e. The van der Waals surface area contributed by atoms with Crippen molar-refractivity contribution in [1.82, 2.24) is 0 Å². The van der Waals surface area contributed by atoms with Crippen LogP contribution in [0.15, 0.2) is 0 Å². The third-order valence-corrected chi connectivity index (χ3v) is 4.96. The second-order valence-corrected chi connectivity index (χ2v) is 7.72. The van der Waals surface area contributed by atoms with Crippen LogP contribution in [0.1, 0.15) is 46.0 Å². The summed E-state index contributed by atoms with van der Waals surface area (Å²) < 4.78 is 44.5. The van der Waals surface area contributed by atoms with E-state index in [-0.39, 0.29) is 65.1 Å². The van der Waals surface area contributed by atoms with E-state index in [1.807, 2.05) is 0 Å². The van der Waals surface area contributed by atoms with E-state index < -0.39 is 7.82 Å². The van der Waals surface area contributed by atoms with Crippen molar-refractivity contribution in [2.24, 2.45) is 0 Å². The van der Waals surface area contributed by atoms with Gasteiger partial charge in [0.25, 0.3) is 0 Å². The lowest BCUT2D eigenvalue weighted by atomic mass is 10.3. The molecule has 0 atom stereocenters. The van der Waals surface area contributed by atoms with Crippen molar-refractivity contribution in [2.45, 2.75) is 46.0 Å². The molecule has 0 aromatic rings. The van der Waals surface area contributed by atoms with E-state index in [0.717, 1.165) is 25.7 Å². The highest BCUT2D eigenvalue weighted by molar-refractivity contribution is 7.48. The van der Waals surface area contributed by atoms with Gasteiger partial charge in [-0.3, -0.25) is 23.6 Å². The van der Waals surface area contributed by atoms with Gasteiger partial charge in [0.05, 0.1) is 46.2 Å². The van der Waals surface area contributed by atoms with Crippen LogP contribution in [0, 0.1) is 0 Å². The number of hydrogen-bond donors (Lipinski definition) is 1. The molecule has 0 saturated heterocycles. The van der Waals surface area contributed by atoms with Crippen molar-refractivity contribution in [1.29, 1.82) is 0 Å². The molecule has 0 spiro atoms. The molecule has 10 nitrogen and oxygen atoms in total. The first-order valence-corrected chi connectivity index (χ1v) is 11.6. The minimum absolute atomic E-state index is 0.0324. The fourth-order valence-electron chi connectivity index (χ4n) is 1.86. The predicted molar refractivity (Wildman–Crippen MR) is 106 cm³/mol. The second-order valence-electron chi connectivity index (χ2n) is 6.05. The Balaban J connectivity index is 4.11. The van der Waals surface area contributed by atoms with Crippen molar-refractivity contribution in [3.05, 3.63) is 0 Å². The minimum Gasteiger partial charge on any atom is -0.379 e. The zero-order valence-electron chi connectivity index (χ0n) is 17.7. The number of phosphoric ester groups is 1. The zero-order chi connectivity index (χ0) is 21.6. The van der Waals surface area contributed by atoms with E-state index in [9.17, 15) is 9.36 Å². The third-order valence-electron chi connectivity index (χ3n) is 3.47. The van der Waals surface area contributed by atoms with Gasteiger partial charge in [-0.25, -0.2) is 9.45 Å². The summed E-state index contributed by atoms with van der Waals surface area (Å²) >= 11 is 0. The molecule has 174 valence electrons. The Morgan fingerprint density at radius 3 is 1.59 bits per heavy atom. The quantitative estimate of drug-likeness (QED) is 0.109. The first kappa shape index (κ1) is 28.6. The monoisotopic (exact) mass is 444 g/mol. The van der Waals surface area contributed by atoms with Gasteiger partial charge in [-0.15, -0.1) is 0 Å². The van der Waals surface area contributed by atoms with Crippen molar-refractivity contribution < 1.29 is 47.3 Å². The number of rotatable bonds is 23. The van der Waals surface area contributed by atoms with E-state index in [0.29, 0.717) is 13.2 Å². The summed E-state index contributed by atoms with van der Waals surface area (Å²) in [6.07, 6.45) is 4.05. The highest BCUT2D eigenvalue weighted by Gasteiger charge is 2.26. The van der Waals surface area contributed by atoms with Crippen LogP contribution in [-0.2, 0) is 42.0 Å². The van der Waals surface area contributed by atoms with Crippen molar-refractivity contribution in [2.75, 3.05) is 66.1 Å². The molecule has 0 aromatic carbocycles. The Labute approximate surface area is 173 Å². The minimum atomic E-state index is -3.77. The lowest BCUT2D eigenvalue weighted by Gasteiger charge is -2.18. The van der Waals surface area contributed by atoms with Gasteiger partial charge in [0.2, 0.25) is 0 Å². The van der Waals surface area contributed by atoms with Gasteiger partial charge in [0.1, 0.15) is 6.61 Å². The summed E-state index contributed by atoms with van der Waals surface area (Å²) in [6.45, 7) is 5.92. The average molecular weight is 444 g/mol. The van der Waals surface area contributed by atoms with Gasteiger partial charge in [0, 0.05) is 19.6 Å². The first-order chi connectivity index (χ1) is 14.1. The Hall–Kier alpha value is -0.420. The Bertz CT molecular complexity index is 401. The molecule has 0 rings (SSSR count). The van der Waals surface area contributed by atoms with Crippen LogP contribution in [0.3, 0.4) is 0 Å². The molecular formula is C18H37O10P. The molecule has 0 aromatic heterocycles. The van der Waals surface area contributed by atoms with E-state index in [4.69, 9.17) is 33.0 Å². The second kappa shape index (κ2) is 20.8. The molecule has 0 amide bonds. The molecule has 0 aliphatic carbocycles. The topological polar surface area (TPSA) is 119 Å². The highest BCUT2D eigenvalue weighted by Crippen LogP contribution is 2.49. The largest absolute Gasteiger partial charge is 0.475 e. The summed E-state index contributed by atoms with van der Waals surface area (Å²) in [6, 6.07) is 0. The van der Waals surface area contributed by atoms with E-state index in [2.05, 4.69) is 18.7 Å². The molecule has 0 heterocycles. The van der Waals surface area contributed by atoms with Crippen LogP contribution in [0.4, 0.5) is 0 Å². The molecule has 0 fully saturated rings. The summed E-state index contributed by atoms with van der Waals surface area (Å²) in [5.74, 6) is -0.295. The van der Waals surface area contributed by atoms with E-state index >= 15 is 0 Å². The van der Waals surface area contributed by atoms with E-state index in [1.165, 1.54) is 0 Å². The Morgan fingerprint density at radius 2 is 1.17 bits per heavy atom. The summed E-state index contributed by atoms with van der Waals surface area (Å²) in [5.41, 5.74) is 0. The maximum atomic E-state index is 12.7. The number of carbonyl (C=O) groups is 1. The molecular weight excluding hydrogens is 407 g/mol. The predicted octanol–water partition coefficient (Wildman–Crippen LogP) is 3.24. The molecule has 1 N–H and O–H groups in total. The summed E-state index contributed by atoms with van der Waals surface area (Å²) in [4.78, 5) is 14.9. The fourth-order valence-corrected chi connectivity index (χ4v) is 2.98. The number of unbranched alkanes of at least 4 members (excludes halogenated alkanes) is 2. The van der Waals surface area contributed by atoms with Crippen molar-refractivity contribution in [3.63, 3.8) is 0 Å². The molecule has 0 saturated carbocycles. The molecule has 0 aliphatic heterocycles. The number of ketones is 1. The van der Waals surface area contributed by atoms with Crippen LogP contribution < -0.4 is 0 Å². The summed E-state index contributed by atoms with van der Waals surface area (Å²) in [7, 11) is -3.77. The number of phosphoric acid groups is 1. The van der Waals surface area contributed by atoms with Crippen LogP contribution in [0.5, 0.6) is 0 Å². The van der Waals surface area contributed by atoms with Gasteiger partial charge in [-0.05, 0) is 12.8 Å². The van der Waals surface area contributed by atoms with Gasteiger partial charge >= 0.3 is 7.82 Å². The molecule has 11 heteroatoms. The number of ether oxygens (including phenoxy) is 3. The third kappa shape index (κ3) is 19.3. The van der Waals surface area contributed by atoms with Crippen LogP contribution in [-0.4, -0.2) is 77.1 Å². The standard InChI is InChI=1S/C18H37O10P/c1-3-5-8-22-11-14-26-29(21,27-15-12-23-9-6-4-2)28-16-13-24-10-7-18(19)17-25-20/h20H,3-17H2,1-2H3. The molecule has 0 unspecified atom stereocenters. The molecule has 0 bridgehead atoms. The number of carbonyl (C=O) groups excluding carboxylic acids is 1. The fraction of sp³-hybridized carbons (Fsp3) is 0.944. The van der Waals surface area contributed by atoms with Crippen LogP contribution in [0.25, 0.3) is 0 Å². The van der Waals surface area contributed by atoms with Gasteiger partial charge in [-0.2, -0.15) is 0 Å². The van der Waals surface area contributed by atoms with Crippen molar-refractivity contribution >= 4 is 13.6 Å². The summed E-state index contributed by atoms with van der Waals surface area (Å²) in [5, 5.41) is 8.17. The normalized spacial score (nSPS) is 11.8.